The first-order valence-electron chi connectivity index (χ1n) is 4.14. The standard InChI is InChI=1S/C11H10O3/c1-14-11(13)7-6-9-2-4-10(8-12)5-3-9/h2-4,6-7H,5H2,1H3/b7-6+. The van der Waals surface area contributed by atoms with Crippen LogP contribution >= 0.6 is 0 Å². The monoisotopic (exact) mass is 190 g/mol. The largest absolute Gasteiger partial charge is 0.466 e. The quantitative estimate of drug-likeness (QED) is 0.375. The van der Waals surface area contributed by atoms with Crippen LogP contribution in [0.15, 0.2) is 41.5 Å². The van der Waals surface area contributed by atoms with Gasteiger partial charge in [-0.1, -0.05) is 12.2 Å². The minimum Gasteiger partial charge on any atom is -0.466 e. The smallest absolute Gasteiger partial charge is 0.330 e. The predicted molar refractivity (Wildman–Crippen MR) is 52.2 cm³/mol. The van der Waals surface area contributed by atoms with Crippen LogP contribution in [0.25, 0.3) is 0 Å². The van der Waals surface area contributed by atoms with Crippen molar-refractivity contribution in [3.63, 3.8) is 0 Å². The summed E-state index contributed by atoms with van der Waals surface area (Å²) < 4.78 is 4.44. The number of allylic oxidation sites excluding steroid dienone is 6. The Labute approximate surface area is 82.1 Å². The molecule has 1 aliphatic rings. The number of methoxy groups -OCH3 is 1. The van der Waals surface area contributed by atoms with Gasteiger partial charge >= 0.3 is 5.97 Å². The number of hydrogen-bond donors (Lipinski definition) is 0. The van der Waals surface area contributed by atoms with Crippen molar-refractivity contribution >= 4 is 11.9 Å². The van der Waals surface area contributed by atoms with Crippen molar-refractivity contribution in [3.05, 3.63) is 41.5 Å². The molecule has 0 radical (unpaired) electrons. The Morgan fingerprint density at radius 1 is 1.57 bits per heavy atom. The lowest BCUT2D eigenvalue weighted by molar-refractivity contribution is -0.134. The molecule has 0 aromatic rings. The number of esters is 1. The number of carbonyl (C=O) groups excluding carboxylic acids is 2. The van der Waals surface area contributed by atoms with Crippen molar-refractivity contribution in [1.82, 2.24) is 0 Å². The predicted octanol–water partition coefficient (Wildman–Crippen LogP) is 1.36. The second-order valence-electron chi connectivity index (χ2n) is 2.73. The molecule has 0 saturated heterocycles. The van der Waals surface area contributed by atoms with Gasteiger partial charge in [-0.2, -0.15) is 0 Å². The van der Waals surface area contributed by atoms with Gasteiger partial charge in [-0.25, -0.2) is 9.59 Å². The Morgan fingerprint density at radius 3 is 2.86 bits per heavy atom. The van der Waals surface area contributed by atoms with Crippen molar-refractivity contribution in [3.8, 4) is 0 Å². The van der Waals surface area contributed by atoms with Gasteiger partial charge < -0.3 is 4.74 Å². The first kappa shape index (κ1) is 10.2. The van der Waals surface area contributed by atoms with Crippen LogP contribution in [0.1, 0.15) is 6.42 Å². The van der Waals surface area contributed by atoms with Crippen molar-refractivity contribution in [1.29, 1.82) is 0 Å². The molecule has 0 atom stereocenters. The minimum atomic E-state index is -0.393. The van der Waals surface area contributed by atoms with Gasteiger partial charge in [0, 0.05) is 18.1 Å². The molecule has 0 unspecified atom stereocenters. The Hall–Kier alpha value is -1.86. The van der Waals surface area contributed by atoms with E-state index in [1.54, 1.807) is 18.2 Å². The average Bonchev–Trinajstić information content (AvgIpc) is 2.26. The third-order valence-electron chi connectivity index (χ3n) is 1.78. The molecule has 0 aromatic heterocycles. The van der Waals surface area contributed by atoms with E-state index in [0.29, 0.717) is 12.0 Å². The molecule has 0 aromatic carbocycles. The zero-order chi connectivity index (χ0) is 10.4. The molecule has 0 bridgehead atoms. The molecule has 0 amide bonds. The van der Waals surface area contributed by atoms with Gasteiger partial charge in [0.15, 0.2) is 0 Å². The fraction of sp³-hybridized carbons (Fsp3) is 0.182. The van der Waals surface area contributed by atoms with E-state index in [2.05, 4.69) is 4.74 Å². The van der Waals surface area contributed by atoms with E-state index < -0.39 is 5.97 Å². The fourth-order valence-electron chi connectivity index (χ4n) is 0.992. The lowest BCUT2D eigenvalue weighted by Gasteiger charge is -2.01. The summed E-state index contributed by atoms with van der Waals surface area (Å²) in [6.07, 6.45) is 8.82. The van der Waals surface area contributed by atoms with E-state index in [4.69, 9.17) is 0 Å². The van der Waals surface area contributed by atoms with Gasteiger partial charge in [-0.15, -0.1) is 0 Å². The summed E-state index contributed by atoms with van der Waals surface area (Å²) in [6, 6.07) is 0. The molecule has 14 heavy (non-hydrogen) atoms. The van der Waals surface area contributed by atoms with Crippen LogP contribution in [-0.2, 0) is 14.3 Å². The number of hydrogen-bond acceptors (Lipinski definition) is 3. The normalized spacial score (nSPS) is 15.2. The summed E-state index contributed by atoms with van der Waals surface area (Å²) in [7, 11) is 1.32. The van der Waals surface area contributed by atoms with Crippen molar-refractivity contribution in [2.75, 3.05) is 7.11 Å². The summed E-state index contributed by atoms with van der Waals surface area (Å²) in [6.45, 7) is 0. The zero-order valence-electron chi connectivity index (χ0n) is 7.82. The maximum absolute atomic E-state index is 10.7. The van der Waals surface area contributed by atoms with E-state index >= 15 is 0 Å². The molecule has 1 rings (SSSR count). The Balaban J connectivity index is 2.62. The van der Waals surface area contributed by atoms with Crippen LogP contribution in [0.5, 0.6) is 0 Å². The highest BCUT2D eigenvalue weighted by Crippen LogP contribution is 2.13. The van der Waals surface area contributed by atoms with Gasteiger partial charge in [0.2, 0.25) is 0 Å². The molecule has 0 aliphatic heterocycles. The SMILES string of the molecule is COC(=O)/C=C/C1=CCC(=C=O)C=C1. The van der Waals surface area contributed by atoms with Crippen molar-refractivity contribution < 1.29 is 14.3 Å². The third kappa shape index (κ3) is 2.88. The summed E-state index contributed by atoms with van der Waals surface area (Å²) in [5.74, 6) is 1.43. The van der Waals surface area contributed by atoms with E-state index in [0.717, 1.165) is 5.57 Å². The molecule has 1 aliphatic carbocycles. The van der Waals surface area contributed by atoms with Crippen LogP contribution in [0, 0.1) is 0 Å². The van der Waals surface area contributed by atoms with Gasteiger partial charge in [0.25, 0.3) is 0 Å². The molecule has 3 nitrogen and oxygen atoms in total. The molecule has 0 heterocycles. The Morgan fingerprint density at radius 2 is 2.36 bits per heavy atom. The number of carbonyl (C=O) groups is 1. The maximum atomic E-state index is 10.7. The molecule has 0 spiro atoms. The van der Waals surface area contributed by atoms with E-state index in [9.17, 15) is 9.59 Å². The molecule has 0 saturated carbocycles. The summed E-state index contributed by atoms with van der Waals surface area (Å²) in [4.78, 5) is 21.0. The molecular weight excluding hydrogens is 180 g/mol. The van der Waals surface area contributed by atoms with Gasteiger partial charge in [-0.05, 0) is 17.7 Å². The molecule has 0 fully saturated rings. The summed E-state index contributed by atoms with van der Waals surface area (Å²) in [5, 5.41) is 0. The highest BCUT2D eigenvalue weighted by molar-refractivity contribution is 5.82. The lowest BCUT2D eigenvalue weighted by atomic mass is 10.0. The highest BCUT2D eigenvalue weighted by Gasteiger charge is 1.99. The molecular formula is C11H10O3. The van der Waals surface area contributed by atoms with Gasteiger partial charge in [-0.3, -0.25) is 0 Å². The zero-order valence-corrected chi connectivity index (χ0v) is 7.82. The first-order valence-corrected chi connectivity index (χ1v) is 4.14. The van der Waals surface area contributed by atoms with Crippen molar-refractivity contribution in [2.45, 2.75) is 6.42 Å². The maximum Gasteiger partial charge on any atom is 0.330 e. The van der Waals surface area contributed by atoms with Gasteiger partial charge in [0.05, 0.1) is 7.11 Å². The van der Waals surface area contributed by atoms with Crippen molar-refractivity contribution in [2.24, 2.45) is 0 Å². The summed E-state index contributed by atoms with van der Waals surface area (Å²) in [5.41, 5.74) is 1.50. The first-order chi connectivity index (χ1) is 6.76. The van der Waals surface area contributed by atoms with Crippen LogP contribution in [0.2, 0.25) is 0 Å². The molecule has 3 heteroatoms. The molecule has 0 N–H and O–H groups in total. The average molecular weight is 190 g/mol. The third-order valence-corrected chi connectivity index (χ3v) is 1.78. The Kier molecular flexibility index (Phi) is 3.65. The minimum absolute atomic E-state index is 0.393. The fourth-order valence-corrected chi connectivity index (χ4v) is 0.992. The Bertz CT molecular complexity index is 366. The molecule has 72 valence electrons. The van der Waals surface area contributed by atoms with Crippen LogP contribution < -0.4 is 0 Å². The summed E-state index contributed by atoms with van der Waals surface area (Å²) >= 11 is 0. The second-order valence-corrected chi connectivity index (χ2v) is 2.73. The van der Waals surface area contributed by atoms with E-state index in [1.807, 2.05) is 12.0 Å². The topological polar surface area (TPSA) is 43.4 Å². The number of ether oxygens (including phenoxy) is 1. The van der Waals surface area contributed by atoms with Gasteiger partial charge in [0.1, 0.15) is 5.94 Å². The van der Waals surface area contributed by atoms with E-state index in [1.165, 1.54) is 13.2 Å². The van der Waals surface area contributed by atoms with Crippen LogP contribution in [0.3, 0.4) is 0 Å². The highest BCUT2D eigenvalue weighted by atomic mass is 16.5. The van der Waals surface area contributed by atoms with E-state index in [-0.39, 0.29) is 0 Å². The van der Waals surface area contributed by atoms with Crippen LogP contribution in [0.4, 0.5) is 0 Å². The second kappa shape index (κ2) is 5.00. The lowest BCUT2D eigenvalue weighted by Crippen LogP contribution is -1.94. The number of rotatable bonds is 2. The van der Waals surface area contributed by atoms with Crippen LogP contribution in [-0.4, -0.2) is 19.0 Å².